The van der Waals surface area contributed by atoms with E-state index in [2.05, 4.69) is 16.0 Å². The summed E-state index contributed by atoms with van der Waals surface area (Å²) in [5, 5.41) is 7.70. The second-order valence-electron chi connectivity index (χ2n) is 8.37. The molecule has 0 saturated carbocycles. The van der Waals surface area contributed by atoms with E-state index in [1.807, 2.05) is 13.0 Å². The van der Waals surface area contributed by atoms with Crippen LogP contribution in [0.1, 0.15) is 45.7 Å². The van der Waals surface area contributed by atoms with E-state index < -0.39 is 47.4 Å². The van der Waals surface area contributed by atoms with Crippen molar-refractivity contribution in [2.24, 2.45) is 17.8 Å². The number of imide groups is 1. The van der Waals surface area contributed by atoms with Crippen molar-refractivity contribution < 1.29 is 24.0 Å². The molecule has 3 unspecified atom stereocenters. The summed E-state index contributed by atoms with van der Waals surface area (Å²) in [5.41, 5.74) is 0.738. The van der Waals surface area contributed by atoms with E-state index >= 15 is 0 Å². The van der Waals surface area contributed by atoms with Crippen molar-refractivity contribution in [2.75, 3.05) is 0 Å². The van der Waals surface area contributed by atoms with Crippen LogP contribution < -0.4 is 16.0 Å². The molecule has 0 bridgehead atoms. The largest absolute Gasteiger partial charge is 0.346 e. The Bertz CT molecular complexity index is 952. The molecule has 1 heterocycles. The van der Waals surface area contributed by atoms with Gasteiger partial charge in [0.25, 0.3) is 0 Å². The molecular formula is C25H31N3O5. The van der Waals surface area contributed by atoms with Gasteiger partial charge in [0.2, 0.25) is 23.6 Å². The van der Waals surface area contributed by atoms with Crippen LogP contribution in [0, 0.1) is 17.8 Å². The second kappa shape index (κ2) is 11.9. The van der Waals surface area contributed by atoms with Crippen LogP contribution in [0.3, 0.4) is 0 Å². The summed E-state index contributed by atoms with van der Waals surface area (Å²) in [7, 11) is 0. The number of nitrogens with one attached hydrogen (secondary N) is 3. The third kappa shape index (κ3) is 6.97. The Morgan fingerprint density at radius 2 is 1.70 bits per heavy atom. The van der Waals surface area contributed by atoms with Crippen molar-refractivity contribution in [3.05, 3.63) is 60.2 Å². The average molecular weight is 454 g/mol. The van der Waals surface area contributed by atoms with Gasteiger partial charge in [0, 0.05) is 6.08 Å². The molecule has 1 aliphatic rings. The Hall–Kier alpha value is -3.55. The zero-order valence-corrected chi connectivity index (χ0v) is 19.3. The van der Waals surface area contributed by atoms with Crippen LogP contribution >= 0.6 is 0 Å². The molecule has 1 saturated heterocycles. The highest BCUT2D eigenvalue weighted by atomic mass is 16.2. The van der Waals surface area contributed by atoms with E-state index in [0.29, 0.717) is 0 Å². The molecule has 3 N–H and O–H groups in total. The van der Waals surface area contributed by atoms with Crippen LogP contribution in [0.2, 0.25) is 0 Å². The second-order valence-corrected chi connectivity index (χ2v) is 8.37. The average Bonchev–Trinajstić information content (AvgIpc) is 3.03. The van der Waals surface area contributed by atoms with Gasteiger partial charge in [-0.15, -0.1) is 0 Å². The lowest BCUT2D eigenvalue weighted by atomic mass is 9.85. The predicted molar refractivity (Wildman–Crippen MR) is 123 cm³/mol. The number of hydrogen-bond acceptors (Lipinski definition) is 5. The number of benzene rings is 1. The smallest absolute Gasteiger partial charge is 0.244 e. The third-order valence-corrected chi connectivity index (χ3v) is 5.50. The van der Waals surface area contributed by atoms with Crippen molar-refractivity contribution in [3.63, 3.8) is 0 Å². The minimum absolute atomic E-state index is 0.102. The molecule has 0 aliphatic carbocycles. The number of amides is 4. The molecule has 1 aromatic rings. The van der Waals surface area contributed by atoms with Gasteiger partial charge in [0.15, 0.2) is 5.78 Å². The highest BCUT2D eigenvalue weighted by Crippen LogP contribution is 2.24. The molecule has 8 heteroatoms. The Balaban J connectivity index is 2.16. The molecule has 33 heavy (non-hydrogen) atoms. The lowest BCUT2D eigenvalue weighted by molar-refractivity contribution is -0.137. The maximum absolute atomic E-state index is 13.1. The standard InChI is InChI=1S/C25H31N3O5/c1-5-6-8-13-19(29)26-18(17-11-9-7-10-12-17)14-20(30)27-22(15(2)3)23(31)21-16(4)24(32)28-25(21)33/h5-13,15-16,18,21-22H,14H2,1-4H3,(H,26,29)(H,27,30)(H,28,32,33)/b6-5+,13-8+/t16?,18?,21-,22?/m1/s1. The summed E-state index contributed by atoms with van der Waals surface area (Å²) in [6.45, 7) is 6.86. The molecule has 4 amide bonds. The molecule has 0 aromatic heterocycles. The first-order valence-corrected chi connectivity index (χ1v) is 11.0. The number of hydrogen-bond donors (Lipinski definition) is 3. The van der Waals surface area contributed by atoms with Gasteiger partial charge in [-0.2, -0.15) is 0 Å². The fraction of sp³-hybridized carbons (Fsp3) is 0.400. The van der Waals surface area contributed by atoms with Gasteiger partial charge in [-0.3, -0.25) is 29.3 Å². The normalized spacial score (nSPS) is 20.2. The molecule has 2 rings (SSSR count). The zero-order valence-electron chi connectivity index (χ0n) is 19.3. The van der Waals surface area contributed by atoms with Gasteiger partial charge in [-0.1, -0.05) is 69.3 Å². The van der Waals surface area contributed by atoms with Crippen LogP contribution in [0.5, 0.6) is 0 Å². The minimum atomic E-state index is -1.13. The summed E-state index contributed by atoms with van der Waals surface area (Å²) in [5.74, 6) is -4.67. The van der Waals surface area contributed by atoms with E-state index in [0.717, 1.165) is 5.56 Å². The van der Waals surface area contributed by atoms with Gasteiger partial charge in [0.05, 0.1) is 24.4 Å². The lowest BCUT2D eigenvalue weighted by Gasteiger charge is -2.25. The summed E-state index contributed by atoms with van der Waals surface area (Å²) in [6, 6.07) is 7.48. The maximum atomic E-state index is 13.1. The SMILES string of the molecule is C/C=C/C=C/C(=O)NC(CC(=O)NC(C(=O)[C@@H]1C(=O)NC(=O)C1C)C(C)C)c1ccccc1. The predicted octanol–water partition coefficient (Wildman–Crippen LogP) is 1.98. The van der Waals surface area contributed by atoms with Gasteiger partial charge in [0.1, 0.15) is 5.92 Å². The fourth-order valence-corrected chi connectivity index (χ4v) is 3.66. The van der Waals surface area contributed by atoms with Gasteiger partial charge < -0.3 is 10.6 Å². The first kappa shape index (κ1) is 25.7. The molecule has 8 nitrogen and oxygen atoms in total. The number of carbonyl (C=O) groups excluding carboxylic acids is 5. The molecule has 176 valence electrons. The van der Waals surface area contributed by atoms with Crippen LogP contribution in [-0.2, 0) is 24.0 Å². The van der Waals surface area contributed by atoms with Crippen molar-refractivity contribution in [1.29, 1.82) is 0 Å². The fourth-order valence-electron chi connectivity index (χ4n) is 3.66. The highest BCUT2D eigenvalue weighted by Gasteiger charge is 2.46. The van der Waals surface area contributed by atoms with E-state index in [1.54, 1.807) is 56.3 Å². The number of ketones is 1. The Labute approximate surface area is 193 Å². The minimum Gasteiger partial charge on any atom is -0.346 e. The van der Waals surface area contributed by atoms with E-state index in [4.69, 9.17) is 0 Å². The van der Waals surface area contributed by atoms with Crippen molar-refractivity contribution in [3.8, 4) is 0 Å². The number of Topliss-reactive ketones (excluding diaryl/α,β-unsaturated/α-hetero) is 1. The summed E-state index contributed by atoms with van der Waals surface area (Å²) in [4.78, 5) is 62.2. The van der Waals surface area contributed by atoms with Crippen molar-refractivity contribution in [2.45, 2.75) is 46.2 Å². The highest BCUT2D eigenvalue weighted by molar-refractivity contribution is 6.16. The van der Waals surface area contributed by atoms with E-state index in [9.17, 15) is 24.0 Å². The first-order chi connectivity index (χ1) is 15.6. The Kier molecular flexibility index (Phi) is 9.27. The van der Waals surface area contributed by atoms with Crippen LogP contribution in [0.25, 0.3) is 0 Å². The Morgan fingerprint density at radius 1 is 1.03 bits per heavy atom. The molecule has 4 atom stereocenters. The number of carbonyl (C=O) groups is 5. The molecular weight excluding hydrogens is 422 g/mol. The number of rotatable bonds is 10. The van der Waals surface area contributed by atoms with Crippen molar-refractivity contribution in [1.82, 2.24) is 16.0 Å². The summed E-state index contributed by atoms with van der Waals surface area (Å²) >= 11 is 0. The quantitative estimate of drug-likeness (QED) is 0.216. The lowest BCUT2D eigenvalue weighted by Crippen LogP contribution is -2.49. The van der Waals surface area contributed by atoms with Gasteiger partial charge >= 0.3 is 0 Å². The third-order valence-electron chi connectivity index (χ3n) is 5.50. The van der Waals surface area contributed by atoms with E-state index in [1.165, 1.54) is 13.0 Å². The van der Waals surface area contributed by atoms with Crippen LogP contribution in [-0.4, -0.2) is 35.5 Å². The maximum Gasteiger partial charge on any atom is 0.244 e. The number of allylic oxidation sites excluding steroid dienone is 3. The molecule has 1 aromatic carbocycles. The molecule has 0 spiro atoms. The van der Waals surface area contributed by atoms with Crippen LogP contribution in [0.4, 0.5) is 0 Å². The zero-order chi connectivity index (χ0) is 24.5. The van der Waals surface area contributed by atoms with E-state index in [-0.39, 0.29) is 18.2 Å². The van der Waals surface area contributed by atoms with Gasteiger partial charge in [-0.05, 0) is 18.4 Å². The topological polar surface area (TPSA) is 121 Å². The van der Waals surface area contributed by atoms with Crippen LogP contribution in [0.15, 0.2) is 54.6 Å². The molecule has 1 aliphatic heterocycles. The molecule has 1 fully saturated rings. The summed E-state index contributed by atoms with van der Waals surface area (Å²) in [6.07, 6.45) is 6.36. The van der Waals surface area contributed by atoms with Gasteiger partial charge in [-0.25, -0.2) is 0 Å². The van der Waals surface area contributed by atoms with Crippen molar-refractivity contribution >= 4 is 29.4 Å². The first-order valence-electron chi connectivity index (χ1n) is 11.0. The monoisotopic (exact) mass is 453 g/mol. The Morgan fingerprint density at radius 3 is 2.24 bits per heavy atom. The molecule has 0 radical (unpaired) electrons. The summed E-state index contributed by atoms with van der Waals surface area (Å²) < 4.78 is 0.